The smallest absolute Gasteiger partial charge is 0.347 e. The zero-order chi connectivity index (χ0) is 21.6. The van der Waals surface area contributed by atoms with Crippen LogP contribution >= 0.6 is 0 Å². The first-order chi connectivity index (χ1) is 14.2. The SMILES string of the molecule is COc1c(O)ccc2c1Oc1c(cc(CC=C(C)C)c3c1C=CC(C)(C)O3)C(=O)O2. The molecule has 156 valence electrons. The molecule has 30 heavy (non-hydrogen) atoms. The maximum atomic E-state index is 13.0. The van der Waals surface area contributed by atoms with Crippen molar-refractivity contribution in [2.45, 2.75) is 39.7 Å². The van der Waals surface area contributed by atoms with E-state index < -0.39 is 11.6 Å². The summed E-state index contributed by atoms with van der Waals surface area (Å²) in [5.41, 5.74) is 2.47. The summed E-state index contributed by atoms with van der Waals surface area (Å²) in [5.74, 6) is 0.721. The maximum absolute atomic E-state index is 13.0. The second-order valence-electron chi connectivity index (χ2n) is 8.12. The van der Waals surface area contributed by atoms with Gasteiger partial charge in [0.25, 0.3) is 0 Å². The van der Waals surface area contributed by atoms with Gasteiger partial charge in [-0.15, -0.1) is 0 Å². The van der Waals surface area contributed by atoms with Crippen LogP contribution in [0.5, 0.6) is 34.5 Å². The first kappa shape index (κ1) is 19.9. The van der Waals surface area contributed by atoms with Crippen molar-refractivity contribution in [1.29, 1.82) is 0 Å². The second kappa shape index (κ2) is 7.13. The average molecular weight is 408 g/mol. The van der Waals surface area contributed by atoms with Gasteiger partial charge in [0.15, 0.2) is 17.2 Å². The molecule has 0 saturated carbocycles. The molecule has 4 rings (SSSR count). The van der Waals surface area contributed by atoms with Gasteiger partial charge in [0.1, 0.15) is 16.9 Å². The van der Waals surface area contributed by atoms with Crippen molar-refractivity contribution in [3.8, 4) is 34.5 Å². The summed E-state index contributed by atoms with van der Waals surface area (Å²) < 4.78 is 23.3. The number of methoxy groups -OCH3 is 1. The van der Waals surface area contributed by atoms with Crippen molar-refractivity contribution in [1.82, 2.24) is 0 Å². The quantitative estimate of drug-likeness (QED) is 0.415. The van der Waals surface area contributed by atoms with E-state index in [4.69, 9.17) is 18.9 Å². The molecule has 6 heteroatoms. The first-order valence-corrected chi connectivity index (χ1v) is 9.71. The topological polar surface area (TPSA) is 74.2 Å². The zero-order valence-corrected chi connectivity index (χ0v) is 17.7. The molecule has 0 aliphatic carbocycles. The highest BCUT2D eigenvalue weighted by molar-refractivity contribution is 5.98. The number of carbonyl (C=O) groups excluding carboxylic acids is 1. The second-order valence-corrected chi connectivity index (χ2v) is 8.12. The Morgan fingerprint density at radius 1 is 1.17 bits per heavy atom. The number of rotatable bonds is 3. The lowest BCUT2D eigenvalue weighted by molar-refractivity contribution is 0.0737. The van der Waals surface area contributed by atoms with E-state index in [9.17, 15) is 9.90 Å². The average Bonchev–Trinajstić information content (AvgIpc) is 2.81. The Morgan fingerprint density at radius 3 is 2.63 bits per heavy atom. The number of benzene rings is 2. The van der Waals surface area contributed by atoms with E-state index in [1.54, 1.807) is 6.07 Å². The van der Waals surface area contributed by atoms with E-state index in [0.717, 1.165) is 11.1 Å². The van der Waals surface area contributed by atoms with E-state index in [-0.39, 0.29) is 28.6 Å². The van der Waals surface area contributed by atoms with E-state index in [1.807, 2.05) is 39.8 Å². The van der Waals surface area contributed by atoms with Crippen LogP contribution in [0, 0.1) is 0 Å². The molecule has 0 unspecified atom stereocenters. The molecule has 0 bridgehead atoms. The molecule has 0 aromatic heterocycles. The Kier molecular flexibility index (Phi) is 4.73. The molecule has 0 saturated heterocycles. The number of phenols is 1. The maximum Gasteiger partial charge on any atom is 0.347 e. The van der Waals surface area contributed by atoms with E-state index in [0.29, 0.717) is 23.5 Å². The standard InChI is InChI=1S/C24H24O6/c1-13(2)6-7-14-12-16-20(15-10-11-24(3,4)30-19(14)15)29-22-18(28-23(16)26)9-8-17(25)21(22)27-5/h6,8-12,25H,7H2,1-5H3. The number of hydrogen-bond donors (Lipinski definition) is 1. The highest BCUT2D eigenvalue weighted by Crippen LogP contribution is 2.51. The van der Waals surface area contributed by atoms with Crippen LogP contribution in [0.3, 0.4) is 0 Å². The third-order valence-corrected chi connectivity index (χ3v) is 4.98. The van der Waals surface area contributed by atoms with Crippen LogP contribution in [-0.2, 0) is 6.42 Å². The molecule has 0 atom stereocenters. The molecule has 1 N–H and O–H groups in total. The lowest BCUT2D eigenvalue weighted by Crippen LogP contribution is -2.28. The first-order valence-electron chi connectivity index (χ1n) is 9.71. The number of ether oxygens (including phenoxy) is 4. The fraction of sp³-hybridized carbons (Fsp3) is 0.292. The summed E-state index contributed by atoms with van der Waals surface area (Å²) in [4.78, 5) is 13.0. The zero-order valence-electron chi connectivity index (χ0n) is 17.7. The predicted molar refractivity (Wildman–Crippen MR) is 113 cm³/mol. The van der Waals surface area contributed by atoms with Gasteiger partial charge in [0, 0.05) is 0 Å². The van der Waals surface area contributed by atoms with Gasteiger partial charge in [-0.25, -0.2) is 4.79 Å². The van der Waals surface area contributed by atoms with Gasteiger partial charge >= 0.3 is 5.97 Å². The Hall–Kier alpha value is -3.41. The van der Waals surface area contributed by atoms with Gasteiger partial charge in [-0.3, -0.25) is 0 Å². The molecule has 0 spiro atoms. The monoisotopic (exact) mass is 408 g/mol. The van der Waals surface area contributed by atoms with Crippen molar-refractivity contribution in [3.63, 3.8) is 0 Å². The minimum absolute atomic E-state index is 0.0940. The molecular formula is C24H24O6. The van der Waals surface area contributed by atoms with E-state index in [2.05, 4.69) is 6.08 Å². The number of allylic oxidation sites excluding steroid dienone is 2. The van der Waals surface area contributed by atoms with E-state index >= 15 is 0 Å². The highest BCUT2D eigenvalue weighted by atomic mass is 16.6. The lowest BCUT2D eigenvalue weighted by atomic mass is 9.94. The van der Waals surface area contributed by atoms with Crippen LogP contribution in [-0.4, -0.2) is 23.8 Å². The van der Waals surface area contributed by atoms with Crippen LogP contribution in [0.15, 0.2) is 35.9 Å². The van der Waals surface area contributed by atoms with Crippen molar-refractivity contribution in [3.05, 3.63) is 52.6 Å². The Bertz CT molecular complexity index is 1100. The van der Waals surface area contributed by atoms with Gasteiger partial charge in [-0.1, -0.05) is 11.6 Å². The van der Waals surface area contributed by atoms with Crippen molar-refractivity contribution >= 4 is 12.0 Å². The number of esters is 1. The van der Waals surface area contributed by atoms with Gasteiger partial charge in [0.2, 0.25) is 11.5 Å². The summed E-state index contributed by atoms with van der Waals surface area (Å²) in [6, 6.07) is 4.62. The fourth-order valence-electron chi connectivity index (χ4n) is 3.47. The van der Waals surface area contributed by atoms with Crippen LogP contribution in [0.4, 0.5) is 0 Å². The summed E-state index contributed by atoms with van der Waals surface area (Å²) >= 11 is 0. The number of fused-ring (bicyclic) bond motifs is 4. The molecule has 0 radical (unpaired) electrons. The number of aromatic hydroxyl groups is 1. The summed E-state index contributed by atoms with van der Waals surface area (Å²) in [7, 11) is 1.41. The van der Waals surface area contributed by atoms with Gasteiger partial charge < -0.3 is 24.1 Å². The highest BCUT2D eigenvalue weighted by Gasteiger charge is 2.34. The number of carbonyl (C=O) groups is 1. The summed E-state index contributed by atoms with van der Waals surface area (Å²) in [6.45, 7) is 7.98. The van der Waals surface area contributed by atoms with Crippen molar-refractivity contribution in [2.75, 3.05) is 7.11 Å². The number of phenolic OH excluding ortho intramolecular Hbond substituents is 1. The van der Waals surface area contributed by atoms with Gasteiger partial charge in [-0.05, 0) is 70.0 Å². The largest absolute Gasteiger partial charge is 0.504 e. The number of hydrogen-bond acceptors (Lipinski definition) is 6. The predicted octanol–water partition coefficient (Wildman–Crippen LogP) is 5.42. The minimum Gasteiger partial charge on any atom is -0.504 e. The molecular weight excluding hydrogens is 384 g/mol. The molecule has 2 aliphatic rings. The lowest BCUT2D eigenvalue weighted by Gasteiger charge is -2.30. The van der Waals surface area contributed by atoms with Gasteiger partial charge in [-0.2, -0.15) is 0 Å². The van der Waals surface area contributed by atoms with Crippen LogP contribution in [0.25, 0.3) is 6.08 Å². The minimum atomic E-state index is -0.545. The molecule has 0 amide bonds. The molecule has 2 aromatic rings. The van der Waals surface area contributed by atoms with Crippen LogP contribution in [0.2, 0.25) is 0 Å². The van der Waals surface area contributed by atoms with Crippen molar-refractivity contribution in [2.24, 2.45) is 0 Å². The van der Waals surface area contributed by atoms with Crippen LogP contribution < -0.4 is 18.9 Å². The molecule has 6 nitrogen and oxygen atoms in total. The van der Waals surface area contributed by atoms with E-state index in [1.165, 1.54) is 19.2 Å². The van der Waals surface area contributed by atoms with Crippen LogP contribution in [0.1, 0.15) is 49.2 Å². The summed E-state index contributed by atoms with van der Waals surface area (Å²) in [5, 5.41) is 10.2. The molecule has 0 fully saturated rings. The third-order valence-electron chi connectivity index (χ3n) is 4.98. The van der Waals surface area contributed by atoms with Crippen molar-refractivity contribution < 1.29 is 28.8 Å². The fourth-order valence-corrected chi connectivity index (χ4v) is 3.47. The molecule has 2 aliphatic heterocycles. The Morgan fingerprint density at radius 2 is 1.93 bits per heavy atom. The molecule has 2 aromatic carbocycles. The Balaban J connectivity index is 1.96. The molecule has 2 heterocycles. The summed E-state index contributed by atoms with van der Waals surface area (Å²) in [6.07, 6.45) is 6.50. The van der Waals surface area contributed by atoms with Gasteiger partial charge in [0.05, 0.1) is 12.7 Å². The normalized spacial score (nSPS) is 15.4. The third kappa shape index (κ3) is 3.38. The Labute approximate surface area is 175 Å².